The highest BCUT2D eigenvalue weighted by Gasteiger charge is 2.33. The molecular weight excluding hydrogens is 406 g/mol. The van der Waals surface area contributed by atoms with Gasteiger partial charge in [-0.05, 0) is 37.6 Å². The van der Waals surface area contributed by atoms with E-state index in [1.165, 1.54) is 0 Å². The molecule has 0 aromatic carbocycles. The van der Waals surface area contributed by atoms with Gasteiger partial charge in [0.15, 0.2) is 0 Å². The number of rotatable bonds is 12. The second-order valence-electron chi connectivity index (χ2n) is 8.64. The summed E-state index contributed by atoms with van der Waals surface area (Å²) < 4.78 is 0. The highest BCUT2D eigenvalue weighted by Crippen LogP contribution is 2.09. The third-order valence-corrected chi connectivity index (χ3v) is 4.98. The molecule has 11 heteroatoms. The van der Waals surface area contributed by atoms with Crippen LogP contribution < -0.4 is 27.0 Å². The van der Waals surface area contributed by atoms with E-state index in [1.54, 1.807) is 27.7 Å². The zero-order valence-electron chi connectivity index (χ0n) is 18.6. The summed E-state index contributed by atoms with van der Waals surface area (Å²) in [4.78, 5) is 60.8. The Morgan fingerprint density at radius 3 is 2.06 bits per heavy atom. The molecule has 4 unspecified atom stereocenters. The molecular formula is C20H35N5O6. The van der Waals surface area contributed by atoms with E-state index in [2.05, 4.69) is 21.3 Å². The van der Waals surface area contributed by atoms with Gasteiger partial charge in [-0.25, -0.2) is 4.79 Å². The van der Waals surface area contributed by atoms with Crippen molar-refractivity contribution in [2.45, 2.75) is 77.5 Å². The summed E-state index contributed by atoms with van der Waals surface area (Å²) in [6, 6.07) is -3.86. The molecule has 4 amide bonds. The number of carbonyl (C=O) groups excluding carboxylic acids is 4. The fourth-order valence-corrected chi connectivity index (χ4v) is 3.33. The van der Waals surface area contributed by atoms with Crippen molar-refractivity contribution in [1.82, 2.24) is 21.3 Å². The average Bonchev–Trinajstić information content (AvgIpc) is 3.18. The van der Waals surface area contributed by atoms with E-state index in [1.807, 2.05) is 0 Å². The second-order valence-corrected chi connectivity index (χ2v) is 8.64. The highest BCUT2D eigenvalue weighted by molar-refractivity contribution is 5.96. The molecule has 0 spiro atoms. The molecule has 0 aromatic rings. The number of hydrogen-bond acceptors (Lipinski definition) is 6. The van der Waals surface area contributed by atoms with Crippen molar-refractivity contribution >= 4 is 29.6 Å². The first-order chi connectivity index (χ1) is 14.4. The van der Waals surface area contributed by atoms with Crippen molar-refractivity contribution in [3.05, 3.63) is 0 Å². The van der Waals surface area contributed by atoms with Crippen LogP contribution in [0, 0.1) is 11.8 Å². The third-order valence-electron chi connectivity index (χ3n) is 4.98. The van der Waals surface area contributed by atoms with Gasteiger partial charge in [0, 0.05) is 0 Å². The number of carboxylic acid groups (broad SMARTS) is 1. The number of primary amides is 1. The van der Waals surface area contributed by atoms with Crippen molar-refractivity contribution in [3.63, 3.8) is 0 Å². The maximum atomic E-state index is 12.8. The van der Waals surface area contributed by atoms with Gasteiger partial charge in [0.2, 0.25) is 23.6 Å². The third kappa shape index (κ3) is 8.91. The van der Waals surface area contributed by atoms with Crippen molar-refractivity contribution in [1.29, 1.82) is 0 Å². The maximum absolute atomic E-state index is 12.8. The lowest BCUT2D eigenvalue weighted by Crippen LogP contribution is -2.59. The van der Waals surface area contributed by atoms with Crippen LogP contribution in [0.25, 0.3) is 0 Å². The Kier molecular flexibility index (Phi) is 10.4. The van der Waals surface area contributed by atoms with Crippen LogP contribution in [0.15, 0.2) is 0 Å². The molecule has 176 valence electrons. The van der Waals surface area contributed by atoms with Crippen molar-refractivity contribution < 1.29 is 29.1 Å². The lowest BCUT2D eigenvalue weighted by molar-refractivity contribution is -0.143. The molecule has 0 bridgehead atoms. The number of nitrogens with two attached hydrogens (primary N) is 1. The van der Waals surface area contributed by atoms with E-state index in [-0.39, 0.29) is 30.2 Å². The summed E-state index contributed by atoms with van der Waals surface area (Å²) in [5, 5.41) is 19.9. The average molecular weight is 442 g/mol. The number of nitrogens with one attached hydrogen (secondary N) is 4. The Labute approximate surface area is 182 Å². The largest absolute Gasteiger partial charge is 0.480 e. The smallest absolute Gasteiger partial charge is 0.326 e. The maximum Gasteiger partial charge on any atom is 0.326 e. The van der Waals surface area contributed by atoms with Gasteiger partial charge < -0.3 is 32.1 Å². The summed E-state index contributed by atoms with van der Waals surface area (Å²) in [5.74, 6) is -4.15. The van der Waals surface area contributed by atoms with Gasteiger partial charge in [0.05, 0.1) is 12.5 Å². The molecule has 1 saturated heterocycles. The summed E-state index contributed by atoms with van der Waals surface area (Å²) in [6.45, 7) is 7.80. The minimum absolute atomic E-state index is 0.00434. The predicted octanol–water partition coefficient (Wildman–Crippen LogP) is -1.15. The molecule has 11 nitrogen and oxygen atoms in total. The van der Waals surface area contributed by atoms with Crippen LogP contribution in [0.3, 0.4) is 0 Å². The first-order valence-electron chi connectivity index (χ1n) is 10.6. The van der Waals surface area contributed by atoms with Crippen LogP contribution in [-0.4, -0.2) is 65.4 Å². The van der Waals surface area contributed by atoms with Crippen LogP contribution >= 0.6 is 0 Å². The fourth-order valence-electron chi connectivity index (χ4n) is 3.33. The number of carboxylic acids is 1. The quantitative estimate of drug-likeness (QED) is 0.221. The molecule has 4 atom stereocenters. The van der Waals surface area contributed by atoms with Crippen LogP contribution in [-0.2, 0) is 24.0 Å². The van der Waals surface area contributed by atoms with Crippen molar-refractivity contribution in [3.8, 4) is 0 Å². The van der Waals surface area contributed by atoms with Crippen LogP contribution in [0.1, 0.15) is 53.4 Å². The summed E-state index contributed by atoms with van der Waals surface area (Å²) >= 11 is 0. The van der Waals surface area contributed by atoms with Crippen LogP contribution in [0.2, 0.25) is 0 Å². The fraction of sp³-hybridized carbons (Fsp3) is 0.750. The lowest BCUT2D eigenvalue weighted by Gasteiger charge is -2.26. The van der Waals surface area contributed by atoms with E-state index in [0.29, 0.717) is 6.42 Å². The molecule has 31 heavy (non-hydrogen) atoms. The van der Waals surface area contributed by atoms with Gasteiger partial charge in [0.1, 0.15) is 18.1 Å². The minimum Gasteiger partial charge on any atom is -0.480 e. The summed E-state index contributed by atoms with van der Waals surface area (Å²) in [7, 11) is 0. The van der Waals surface area contributed by atoms with E-state index >= 15 is 0 Å². The molecule has 1 aliphatic heterocycles. The molecule has 1 fully saturated rings. The monoisotopic (exact) mass is 441 g/mol. The van der Waals surface area contributed by atoms with E-state index in [0.717, 1.165) is 13.0 Å². The van der Waals surface area contributed by atoms with Crippen molar-refractivity contribution in [2.24, 2.45) is 17.6 Å². The first-order valence-corrected chi connectivity index (χ1v) is 10.6. The standard InChI is InChI=1S/C20H35N5O6/c1-10(2)8-14(20(30)31)24-18(28)13(9-15(21)26)23-19(29)16(11(3)4)25-17(27)12-6-5-7-22-12/h10-14,16,22H,5-9H2,1-4H3,(H2,21,26)(H,23,29)(H,24,28)(H,25,27)(H,30,31). The van der Waals surface area contributed by atoms with E-state index in [4.69, 9.17) is 5.73 Å². The molecule has 1 aliphatic rings. The molecule has 0 radical (unpaired) electrons. The van der Waals surface area contributed by atoms with Gasteiger partial charge in [0.25, 0.3) is 0 Å². The Morgan fingerprint density at radius 2 is 1.61 bits per heavy atom. The van der Waals surface area contributed by atoms with Gasteiger partial charge >= 0.3 is 5.97 Å². The van der Waals surface area contributed by atoms with Gasteiger partial charge in [-0.15, -0.1) is 0 Å². The number of aliphatic carboxylic acids is 1. The zero-order valence-corrected chi connectivity index (χ0v) is 18.6. The molecule has 0 aliphatic carbocycles. The minimum atomic E-state index is -1.36. The van der Waals surface area contributed by atoms with E-state index in [9.17, 15) is 29.1 Å². The highest BCUT2D eigenvalue weighted by atomic mass is 16.4. The Hall–Kier alpha value is -2.69. The summed E-state index contributed by atoms with van der Waals surface area (Å²) in [5.41, 5.74) is 5.21. The van der Waals surface area contributed by atoms with Gasteiger partial charge in [-0.2, -0.15) is 0 Å². The number of hydrogen-bond donors (Lipinski definition) is 6. The normalized spacial score (nSPS) is 18.8. The zero-order chi connectivity index (χ0) is 23.7. The molecule has 1 rings (SSSR count). The molecule has 0 aromatic heterocycles. The van der Waals surface area contributed by atoms with Gasteiger partial charge in [-0.1, -0.05) is 27.7 Å². The topological polar surface area (TPSA) is 180 Å². The Bertz CT molecular complexity index is 675. The molecule has 0 saturated carbocycles. The SMILES string of the molecule is CC(C)CC(NC(=O)C(CC(N)=O)NC(=O)C(NC(=O)C1CCCN1)C(C)C)C(=O)O. The van der Waals surface area contributed by atoms with E-state index < -0.39 is 48.2 Å². The number of carbonyl (C=O) groups is 5. The van der Waals surface area contributed by atoms with Crippen LogP contribution in [0.4, 0.5) is 0 Å². The molecule has 7 N–H and O–H groups in total. The summed E-state index contributed by atoms with van der Waals surface area (Å²) in [6.07, 6.45) is 1.20. The Balaban J connectivity index is 2.89. The van der Waals surface area contributed by atoms with Crippen LogP contribution in [0.5, 0.6) is 0 Å². The van der Waals surface area contributed by atoms with Gasteiger partial charge in [-0.3, -0.25) is 19.2 Å². The van der Waals surface area contributed by atoms with Crippen molar-refractivity contribution in [2.75, 3.05) is 6.54 Å². The first kappa shape index (κ1) is 26.3. The lowest BCUT2D eigenvalue weighted by atomic mass is 10.0. The predicted molar refractivity (Wildman–Crippen MR) is 113 cm³/mol. The molecule has 1 heterocycles. The number of amides is 4. The second kappa shape index (κ2) is 12.2. The Morgan fingerprint density at radius 1 is 1.00 bits per heavy atom.